The molecule has 0 aliphatic carbocycles. The minimum absolute atomic E-state index is 0.427. The molecule has 2 atom stereocenters. The van der Waals surface area contributed by atoms with Crippen molar-refractivity contribution in [2.75, 3.05) is 0 Å². The molecule has 0 heterocycles. The summed E-state index contributed by atoms with van der Waals surface area (Å²) in [5.74, 6) is -4.47. The number of aliphatic hydroxyl groups is 2. The number of carboxylic acids is 2. The van der Waals surface area contributed by atoms with Gasteiger partial charge in [-0.05, 0) is 0 Å². The first-order valence-electron chi connectivity index (χ1n) is 7.26. The number of rotatable bonds is 6. The third-order valence-electron chi connectivity index (χ3n) is 3.08. The van der Waals surface area contributed by atoms with Crippen LogP contribution in [-0.4, -0.2) is 56.1 Å². The largest absolute Gasteiger partial charge is 0.479 e. The highest BCUT2D eigenvalue weighted by Gasteiger charge is 2.29. The van der Waals surface area contributed by atoms with E-state index < -0.39 is 35.7 Å². The molecule has 0 fully saturated rings. The monoisotopic (exact) mass is 360 g/mol. The molecule has 0 aliphatic rings. The van der Waals surface area contributed by atoms with E-state index in [1.807, 2.05) is 12.1 Å². The lowest BCUT2D eigenvalue weighted by molar-refractivity contribution is -0.165. The van der Waals surface area contributed by atoms with E-state index in [0.717, 1.165) is 0 Å². The molecule has 0 saturated carbocycles. The van der Waals surface area contributed by atoms with Crippen molar-refractivity contribution >= 4 is 23.5 Å². The summed E-state index contributed by atoms with van der Waals surface area (Å²) >= 11 is 0. The van der Waals surface area contributed by atoms with Gasteiger partial charge in [0.15, 0.2) is 12.2 Å². The van der Waals surface area contributed by atoms with Crippen LogP contribution in [0, 0.1) is 0 Å². The lowest BCUT2D eigenvalue weighted by atomic mass is 10.0. The van der Waals surface area contributed by atoms with Crippen molar-refractivity contribution < 1.29 is 39.6 Å². The molecular formula is C18H16O8. The van der Waals surface area contributed by atoms with E-state index in [1.165, 1.54) is 0 Å². The van der Waals surface area contributed by atoms with Crippen molar-refractivity contribution in [3.63, 3.8) is 0 Å². The molecule has 0 aliphatic heterocycles. The molecule has 8 heteroatoms. The number of hydrogen-bond donors (Lipinski definition) is 4. The van der Waals surface area contributed by atoms with Gasteiger partial charge in [-0.1, -0.05) is 60.7 Å². The van der Waals surface area contributed by atoms with Crippen LogP contribution in [0.5, 0.6) is 0 Å². The molecule has 136 valence electrons. The Morgan fingerprint density at radius 2 is 0.846 bits per heavy atom. The summed E-state index contributed by atoms with van der Waals surface area (Å²) in [6, 6.07) is 17.2. The number of Topliss-reactive ketones (excluding diaryl/α,β-unsaturated/α-hetero) is 2. The number of hydrogen-bond acceptors (Lipinski definition) is 6. The fraction of sp³-hybridized carbons (Fsp3) is 0.111. The van der Waals surface area contributed by atoms with Gasteiger partial charge in [-0.3, -0.25) is 9.59 Å². The van der Waals surface area contributed by atoms with E-state index in [2.05, 4.69) is 0 Å². The van der Waals surface area contributed by atoms with Gasteiger partial charge < -0.3 is 20.4 Å². The van der Waals surface area contributed by atoms with E-state index in [1.54, 1.807) is 48.5 Å². The van der Waals surface area contributed by atoms with Crippen LogP contribution in [-0.2, 0) is 9.59 Å². The maximum atomic E-state index is 11.8. The van der Waals surface area contributed by atoms with E-state index in [4.69, 9.17) is 20.4 Å². The summed E-state index contributed by atoms with van der Waals surface area (Å²) in [7, 11) is 0. The summed E-state index contributed by atoms with van der Waals surface area (Å²) in [5, 5.41) is 32.5. The van der Waals surface area contributed by atoms with Crippen LogP contribution in [0.25, 0.3) is 0 Å². The normalized spacial score (nSPS) is 12.1. The zero-order valence-electron chi connectivity index (χ0n) is 13.4. The van der Waals surface area contributed by atoms with Gasteiger partial charge in [-0.15, -0.1) is 0 Å². The van der Waals surface area contributed by atoms with Gasteiger partial charge in [-0.25, -0.2) is 9.59 Å². The number of carboxylic acid groups (broad SMARTS) is 2. The predicted octanol–water partition coefficient (Wildman–Crippen LogP) is 0.630. The van der Waals surface area contributed by atoms with Crippen LogP contribution in [0.15, 0.2) is 60.7 Å². The summed E-state index contributed by atoms with van der Waals surface area (Å²) < 4.78 is 0. The van der Waals surface area contributed by atoms with Crippen molar-refractivity contribution in [3.8, 4) is 0 Å². The average Bonchev–Trinajstić information content (AvgIpc) is 2.67. The minimum atomic E-state index is -2.27. The second-order valence-corrected chi connectivity index (χ2v) is 4.96. The third-order valence-corrected chi connectivity index (χ3v) is 3.08. The fourth-order valence-electron chi connectivity index (χ4n) is 1.71. The van der Waals surface area contributed by atoms with Crippen LogP contribution in [0.1, 0.15) is 20.7 Å². The molecule has 8 nitrogen and oxygen atoms in total. The van der Waals surface area contributed by atoms with Crippen LogP contribution >= 0.6 is 0 Å². The summed E-state index contributed by atoms with van der Waals surface area (Å²) in [4.78, 5) is 43.1. The predicted molar refractivity (Wildman–Crippen MR) is 88.8 cm³/mol. The highest BCUT2D eigenvalue weighted by atomic mass is 16.4. The van der Waals surface area contributed by atoms with Crippen molar-refractivity contribution in [1.82, 2.24) is 0 Å². The molecule has 0 aromatic heterocycles. The Balaban J connectivity index is 0.000000294. The average molecular weight is 360 g/mol. The molecule has 2 rings (SSSR count). The Bertz CT molecular complexity index is 703. The van der Waals surface area contributed by atoms with E-state index in [-0.39, 0.29) is 0 Å². The first-order valence-corrected chi connectivity index (χ1v) is 7.26. The summed E-state index contributed by atoms with van der Waals surface area (Å²) in [6.45, 7) is 0. The van der Waals surface area contributed by atoms with Gasteiger partial charge in [0.25, 0.3) is 0 Å². The second-order valence-electron chi connectivity index (χ2n) is 4.96. The zero-order valence-corrected chi connectivity index (χ0v) is 13.4. The van der Waals surface area contributed by atoms with E-state index in [0.29, 0.717) is 11.1 Å². The van der Waals surface area contributed by atoms with E-state index >= 15 is 0 Å². The standard InChI is InChI=1S/C14H10O2.C4H6O6/c15-13(11-7-3-1-4-8-11)14(16)12-9-5-2-6-10-12;5-1(3(7)8)2(6)4(9)10/h1-10H;1-2,5-6H,(H,7,8)(H,9,10). The molecule has 0 bridgehead atoms. The minimum Gasteiger partial charge on any atom is -0.479 e. The molecule has 2 aromatic carbocycles. The number of aliphatic carboxylic acids is 2. The van der Waals surface area contributed by atoms with Gasteiger partial charge in [-0.2, -0.15) is 0 Å². The fourth-order valence-corrected chi connectivity index (χ4v) is 1.71. The molecule has 2 aromatic rings. The Kier molecular flexibility index (Phi) is 7.81. The number of carbonyl (C=O) groups excluding carboxylic acids is 2. The van der Waals surface area contributed by atoms with Crippen molar-refractivity contribution in [2.45, 2.75) is 12.2 Å². The van der Waals surface area contributed by atoms with Gasteiger partial charge in [0.05, 0.1) is 0 Å². The maximum Gasteiger partial charge on any atom is 0.335 e. The lowest BCUT2D eigenvalue weighted by Gasteiger charge is -2.07. The van der Waals surface area contributed by atoms with Crippen molar-refractivity contribution in [1.29, 1.82) is 0 Å². The number of benzene rings is 2. The first-order chi connectivity index (χ1) is 12.3. The first kappa shape index (κ1) is 20.7. The SMILES string of the molecule is O=C(C(=O)c1ccccc1)c1ccccc1.O=C(O)C(O)C(O)C(=O)O. The smallest absolute Gasteiger partial charge is 0.335 e. The summed E-state index contributed by atoms with van der Waals surface area (Å²) in [5.41, 5.74) is 0.854. The number of aliphatic hydroxyl groups excluding tert-OH is 2. The number of ketones is 2. The third kappa shape index (κ3) is 5.93. The summed E-state index contributed by atoms with van der Waals surface area (Å²) in [6.07, 6.45) is -4.53. The van der Waals surface area contributed by atoms with Gasteiger partial charge in [0.1, 0.15) is 0 Å². The van der Waals surface area contributed by atoms with Crippen LogP contribution in [0.2, 0.25) is 0 Å². The van der Waals surface area contributed by atoms with Gasteiger partial charge in [0, 0.05) is 11.1 Å². The lowest BCUT2D eigenvalue weighted by Crippen LogP contribution is -2.39. The van der Waals surface area contributed by atoms with Crippen LogP contribution in [0.4, 0.5) is 0 Å². The Labute approximate surface area is 148 Å². The maximum absolute atomic E-state index is 11.8. The highest BCUT2D eigenvalue weighted by Crippen LogP contribution is 2.07. The number of carbonyl (C=O) groups is 4. The zero-order chi connectivity index (χ0) is 19.7. The Morgan fingerprint density at radius 1 is 0.577 bits per heavy atom. The van der Waals surface area contributed by atoms with Crippen molar-refractivity contribution in [3.05, 3.63) is 71.8 Å². The topological polar surface area (TPSA) is 149 Å². The van der Waals surface area contributed by atoms with Gasteiger partial charge >= 0.3 is 11.9 Å². The van der Waals surface area contributed by atoms with Crippen LogP contribution < -0.4 is 0 Å². The van der Waals surface area contributed by atoms with Gasteiger partial charge in [0.2, 0.25) is 11.6 Å². The molecular weight excluding hydrogens is 344 g/mol. The molecule has 26 heavy (non-hydrogen) atoms. The highest BCUT2D eigenvalue weighted by molar-refractivity contribution is 6.49. The molecule has 0 saturated heterocycles. The second kappa shape index (κ2) is 9.82. The van der Waals surface area contributed by atoms with Crippen molar-refractivity contribution in [2.24, 2.45) is 0 Å². The molecule has 0 amide bonds. The molecule has 0 radical (unpaired) electrons. The van der Waals surface area contributed by atoms with E-state index in [9.17, 15) is 19.2 Å². The quantitative estimate of drug-likeness (QED) is 0.433. The molecule has 4 N–H and O–H groups in total. The Morgan fingerprint density at radius 3 is 1.08 bits per heavy atom. The molecule has 0 spiro atoms. The van der Waals surface area contributed by atoms with Crippen LogP contribution in [0.3, 0.4) is 0 Å². The Hall–Kier alpha value is -3.36. The molecule has 2 unspecified atom stereocenters.